The number of nitrogens with one attached hydrogen (secondary N) is 1. The molecule has 0 saturated carbocycles. The molecule has 2 heterocycles. The third-order valence-electron chi connectivity index (χ3n) is 4.80. The van der Waals surface area contributed by atoms with E-state index in [0.717, 1.165) is 49.6 Å². The summed E-state index contributed by atoms with van der Waals surface area (Å²) in [5.74, 6) is 1.41. The van der Waals surface area contributed by atoms with Crippen LogP contribution in [0.2, 0.25) is 0 Å². The molecule has 7 nitrogen and oxygen atoms in total. The number of aliphatic imine (C=N–C) groups is 2. The number of amidine groups is 1. The number of hydrogen-bond donors (Lipinski definition) is 2. The first kappa shape index (κ1) is 19.1. The van der Waals surface area contributed by atoms with Crippen molar-refractivity contribution in [2.24, 2.45) is 15.7 Å². The number of ether oxygens (including phenoxy) is 1. The van der Waals surface area contributed by atoms with E-state index in [1.165, 1.54) is 5.57 Å². The topological polar surface area (TPSA) is 78.5 Å². The summed E-state index contributed by atoms with van der Waals surface area (Å²) in [4.78, 5) is 11.6. The van der Waals surface area contributed by atoms with Crippen LogP contribution in [0, 0.1) is 0 Å². The third-order valence-corrected chi connectivity index (χ3v) is 4.80. The van der Waals surface area contributed by atoms with Gasteiger partial charge in [-0.25, -0.2) is 9.98 Å². The van der Waals surface area contributed by atoms with E-state index in [9.17, 15) is 0 Å². The maximum atomic E-state index is 6.03. The van der Waals surface area contributed by atoms with Crippen LogP contribution >= 0.6 is 0 Å². The summed E-state index contributed by atoms with van der Waals surface area (Å²) in [5.41, 5.74) is 12.0. The molecule has 3 N–H and O–H groups in total. The Morgan fingerprint density at radius 1 is 1.44 bits per heavy atom. The molecule has 2 aliphatic rings. The molecule has 2 aliphatic heterocycles. The maximum Gasteiger partial charge on any atom is 0.180 e. The smallest absolute Gasteiger partial charge is 0.180 e. The van der Waals surface area contributed by atoms with Crippen molar-refractivity contribution in [2.45, 2.75) is 25.8 Å². The number of likely N-dealkylation sites (tertiary alicyclic amines) is 1. The van der Waals surface area contributed by atoms with Gasteiger partial charge in [0.15, 0.2) is 5.84 Å². The molecule has 0 atom stereocenters. The van der Waals surface area contributed by atoms with Crippen LogP contribution in [-0.4, -0.2) is 54.9 Å². The predicted molar refractivity (Wildman–Crippen MR) is 110 cm³/mol. The Kier molecular flexibility index (Phi) is 6.26. The average Bonchev–Trinajstić information content (AvgIpc) is 2.69. The monoisotopic (exact) mass is 368 g/mol. The molecule has 3 rings (SSSR count). The van der Waals surface area contributed by atoms with E-state index in [2.05, 4.69) is 28.8 Å². The Labute approximate surface area is 160 Å². The Morgan fingerprint density at radius 3 is 2.93 bits per heavy atom. The van der Waals surface area contributed by atoms with Crippen molar-refractivity contribution in [1.29, 1.82) is 0 Å². The van der Waals surface area contributed by atoms with Crippen molar-refractivity contribution in [1.82, 2.24) is 15.3 Å². The zero-order valence-electron chi connectivity index (χ0n) is 16.1. The van der Waals surface area contributed by atoms with E-state index in [1.807, 2.05) is 29.3 Å². The number of benzene rings is 1. The molecule has 1 saturated heterocycles. The lowest BCUT2D eigenvalue weighted by molar-refractivity contribution is 0.227. The Bertz CT molecular complexity index is 761. The van der Waals surface area contributed by atoms with E-state index in [0.29, 0.717) is 11.9 Å². The summed E-state index contributed by atoms with van der Waals surface area (Å²) in [6, 6.07) is 7.97. The first-order valence-corrected chi connectivity index (χ1v) is 9.22. The highest BCUT2D eigenvalue weighted by atomic mass is 16.5. The van der Waals surface area contributed by atoms with Gasteiger partial charge in [0.2, 0.25) is 0 Å². The fourth-order valence-corrected chi connectivity index (χ4v) is 3.33. The molecule has 1 aromatic rings. The Hall–Kier alpha value is -2.64. The third kappa shape index (κ3) is 4.75. The molecule has 1 aromatic carbocycles. The summed E-state index contributed by atoms with van der Waals surface area (Å²) in [6.07, 6.45) is 5.43. The van der Waals surface area contributed by atoms with E-state index >= 15 is 0 Å². The number of methoxy groups -OCH3 is 1. The maximum absolute atomic E-state index is 6.03. The molecule has 1 fully saturated rings. The molecule has 0 aromatic heterocycles. The molecule has 0 bridgehead atoms. The Balaban J connectivity index is 1.90. The minimum Gasteiger partial charge on any atom is -0.497 e. The highest BCUT2D eigenvalue weighted by Gasteiger charge is 2.22. The predicted octanol–water partition coefficient (Wildman–Crippen LogP) is 2.41. The van der Waals surface area contributed by atoms with Gasteiger partial charge >= 0.3 is 0 Å². The highest BCUT2D eigenvalue weighted by molar-refractivity contribution is 6.05. The molecule has 144 valence electrons. The Morgan fingerprint density at radius 2 is 2.22 bits per heavy atom. The lowest BCUT2D eigenvalue weighted by Gasteiger charge is -2.33. The standard InChI is InChI=1S/C20H28N6O/c1-4-26-19(15(2)13-25-10-8-16(21)9-11-25)20(22-14-23-26)24-17-6-5-7-18(12-17)27-3/h4-7,12,14,16H,1,8-11,13,21H2,2-3H3,(H,22,23,24)/b19-15+. The number of nitrogens with two attached hydrogens (primary N) is 1. The van der Waals surface area contributed by atoms with Gasteiger partial charge in [-0.3, -0.25) is 15.3 Å². The molecule has 27 heavy (non-hydrogen) atoms. The van der Waals surface area contributed by atoms with Crippen LogP contribution in [-0.2, 0) is 0 Å². The van der Waals surface area contributed by atoms with Gasteiger partial charge in [-0.05, 0) is 50.6 Å². The van der Waals surface area contributed by atoms with Crippen molar-refractivity contribution >= 4 is 17.9 Å². The van der Waals surface area contributed by atoms with Crippen molar-refractivity contribution in [3.05, 3.63) is 48.3 Å². The summed E-state index contributed by atoms with van der Waals surface area (Å²) in [7, 11) is 1.65. The SMILES string of the molecule is C=CN1NC=NC(=Nc2cccc(OC)c2)/C1=C(/C)CN1CCC(N)CC1. The molecule has 0 unspecified atom stereocenters. The van der Waals surface area contributed by atoms with Crippen LogP contribution in [0.25, 0.3) is 0 Å². The van der Waals surface area contributed by atoms with Crippen LogP contribution in [0.5, 0.6) is 5.75 Å². The fraction of sp³-hybridized carbons (Fsp3) is 0.400. The zero-order chi connectivity index (χ0) is 19.2. The van der Waals surface area contributed by atoms with Gasteiger partial charge in [-0.15, -0.1) is 0 Å². The molecule has 0 aliphatic carbocycles. The highest BCUT2D eigenvalue weighted by Crippen LogP contribution is 2.24. The second kappa shape index (κ2) is 8.83. The van der Waals surface area contributed by atoms with Crippen LogP contribution in [0.15, 0.2) is 58.3 Å². The lowest BCUT2D eigenvalue weighted by atomic mass is 10.0. The van der Waals surface area contributed by atoms with Gasteiger partial charge in [0.05, 0.1) is 12.8 Å². The molecule has 7 heteroatoms. The first-order valence-electron chi connectivity index (χ1n) is 9.22. The van der Waals surface area contributed by atoms with Crippen LogP contribution in [0.1, 0.15) is 19.8 Å². The van der Waals surface area contributed by atoms with E-state index in [1.54, 1.807) is 19.6 Å². The van der Waals surface area contributed by atoms with Crippen molar-refractivity contribution < 1.29 is 4.74 Å². The normalized spacial score (nSPS) is 21.9. The minimum atomic E-state index is 0.324. The summed E-state index contributed by atoms with van der Waals surface area (Å²) >= 11 is 0. The van der Waals surface area contributed by atoms with Crippen LogP contribution in [0.3, 0.4) is 0 Å². The molecule has 0 spiro atoms. The number of rotatable bonds is 5. The summed E-state index contributed by atoms with van der Waals surface area (Å²) in [5, 5.41) is 1.86. The van der Waals surface area contributed by atoms with Crippen LogP contribution < -0.4 is 15.9 Å². The van der Waals surface area contributed by atoms with E-state index in [4.69, 9.17) is 15.5 Å². The second-order valence-electron chi connectivity index (χ2n) is 6.82. The molecule has 0 radical (unpaired) electrons. The van der Waals surface area contributed by atoms with Crippen LogP contribution in [0.4, 0.5) is 5.69 Å². The summed E-state index contributed by atoms with van der Waals surface area (Å²) in [6.45, 7) is 8.89. The number of nitrogens with zero attached hydrogens (tertiary/aromatic N) is 4. The zero-order valence-corrected chi connectivity index (χ0v) is 16.1. The van der Waals surface area contributed by atoms with Crippen molar-refractivity contribution in [2.75, 3.05) is 26.7 Å². The number of hydrogen-bond acceptors (Lipinski definition) is 6. The van der Waals surface area contributed by atoms with Crippen molar-refractivity contribution in [3.8, 4) is 5.75 Å². The van der Waals surface area contributed by atoms with Gasteiger partial charge < -0.3 is 10.5 Å². The number of hydrazine groups is 1. The molecular weight excluding hydrogens is 340 g/mol. The second-order valence-corrected chi connectivity index (χ2v) is 6.82. The molecular formula is C20H28N6O. The van der Waals surface area contributed by atoms with E-state index < -0.39 is 0 Å². The van der Waals surface area contributed by atoms with Gasteiger partial charge in [0.1, 0.15) is 17.8 Å². The lowest BCUT2D eigenvalue weighted by Crippen LogP contribution is -2.42. The average molecular weight is 368 g/mol. The minimum absolute atomic E-state index is 0.324. The van der Waals surface area contributed by atoms with Gasteiger partial charge in [-0.1, -0.05) is 12.6 Å². The fourth-order valence-electron chi connectivity index (χ4n) is 3.33. The van der Waals surface area contributed by atoms with Gasteiger partial charge in [0.25, 0.3) is 0 Å². The first-order chi connectivity index (χ1) is 13.1. The quantitative estimate of drug-likeness (QED) is 0.834. The van der Waals surface area contributed by atoms with Gasteiger partial charge in [-0.2, -0.15) is 0 Å². The van der Waals surface area contributed by atoms with Gasteiger partial charge in [0, 0.05) is 24.9 Å². The largest absolute Gasteiger partial charge is 0.497 e. The molecule has 0 amide bonds. The summed E-state index contributed by atoms with van der Waals surface area (Å²) < 4.78 is 5.29. The van der Waals surface area contributed by atoms with Crippen molar-refractivity contribution in [3.63, 3.8) is 0 Å². The van der Waals surface area contributed by atoms with E-state index in [-0.39, 0.29) is 0 Å². The number of piperidine rings is 1.